The zero-order chi connectivity index (χ0) is 36.2. The first kappa shape index (κ1) is 34.9. The van der Waals surface area contributed by atoms with Crippen LogP contribution in [0.4, 0.5) is 11.4 Å². The van der Waals surface area contributed by atoms with Crippen LogP contribution in [0.2, 0.25) is 5.02 Å². The molecule has 12 nitrogen and oxygen atoms in total. The van der Waals surface area contributed by atoms with Crippen molar-refractivity contribution in [3.05, 3.63) is 81.4 Å². The molecule has 1 saturated carbocycles. The monoisotopic (exact) mass is 712 g/mol. The zero-order valence-corrected chi connectivity index (χ0v) is 30.6. The molecule has 0 atom stereocenters. The number of anilines is 2. The summed E-state index contributed by atoms with van der Waals surface area (Å²) < 4.78 is 3.76. The van der Waals surface area contributed by atoms with Crippen molar-refractivity contribution in [3.8, 4) is 11.1 Å². The van der Waals surface area contributed by atoms with E-state index in [1.165, 1.54) is 0 Å². The van der Waals surface area contributed by atoms with Crippen LogP contribution in [-0.2, 0) is 44.8 Å². The van der Waals surface area contributed by atoms with Crippen molar-refractivity contribution in [3.63, 3.8) is 0 Å². The van der Waals surface area contributed by atoms with Gasteiger partial charge in [0.25, 0.3) is 11.8 Å². The lowest BCUT2D eigenvalue weighted by molar-refractivity contribution is -0.150. The largest absolute Gasteiger partial charge is 0.481 e. The Balaban J connectivity index is 1.06. The van der Waals surface area contributed by atoms with Crippen molar-refractivity contribution < 1.29 is 19.5 Å². The molecular formula is C38H45ClN8O4. The number of nitrogens with zero attached hydrogens (tertiary/aromatic N) is 6. The number of likely N-dealkylation sites (N-methyl/N-ethyl adjacent to an activating group) is 1. The quantitative estimate of drug-likeness (QED) is 0.223. The molecule has 13 heteroatoms. The van der Waals surface area contributed by atoms with Crippen molar-refractivity contribution in [2.24, 2.45) is 19.5 Å². The van der Waals surface area contributed by atoms with E-state index in [1.54, 1.807) is 6.07 Å². The number of carbonyl (C=O) groups is 3. The summed E-state index contributed by atoms with van der Waals surface area (Å²) in [6, 6.07) is 11.5. The van der Waals surface area contributed by atoms with Crippen molar-refractivity contribution in [1.29, 1.82) is 0 Å². The van der Waals surface area contributed by atoms with Gasteiger partial charge in [0.2, 0.25) is 0 Å². The van der Waals surface area contributed by atoms with Gasteiger partial charge in [-0.05, 0) is 69.8 Å². The summed E-state index contributed by atoms with van der Waals surface area (Å²) in [5.74, 6) is -0.651. The van der Waals surface area contributed by atoms with Gasteiger partial charge in [0.05, 0.1) is 27.5 Å². The molecule has 4 aromatic rings. The molecule has 51 heavy (non-hydrogen) atoms. The molecule has 3 N–H and O–H groups in total. The lowest BCUT2D eigenvalue weighted by Gasteiger charge is -2.41. The van der Waals surface area contributed by atoms with Crippen LogP contribution in [0.25, 0.3) is 11.1 Å². The van der Waals surface area contributed by atoms with Crippen LogP contribution in [0, 0.1) is 12.3 Å². The van der Waals surface area contributed by atoms with Crippen molar-refractivity contribution in [1.82, 2.24) is 28.9 Å². The number of carboxylic acid groups (broad SMARTS) is 1. The minimum Gasteiger partial charge on any atom is -0.481 e. The SMILES string of the molecule is Cc1c(NC(=O)c2nc3c(n2C)CCN(C)C3)cccc1-c1cccc(NC(=O)c2nc3c(n2C)CCN(C2CCC(C)(C(=O)O)CC2)C3)c1Cl. The molecule has 7 rings (SSSR count). The lowest BCUT2D eigenvalue weighted by atomic mass is 9.73. The van der Waals surface area contributed by atoms with Crippen molar-refractivity contribution in [2.75, 3.05) is 30.8 Å². The van der Waals surface area contributed by atoms with E-state index in [2.05, 4.69) is 32.5 Å². The molecule has 4 heterocycles. The normalized spacial score (nSPS) is 20.8. The molecule has 3 aliphatic rings. The highest BCUT2D eigenvalue weighted by Gasteiger charge is 2.40. The molecule has 2 aliphatic heterocycles. The van der Waals surface area contributed by atoms with Gasteiger partial charge in [-0.2, -0.15) is 0 Å². The summed E-state index contributed by atoms with van der Waals surface area (Å²) in [4.78, 5) is 52.9. The third-order valence-electron chi connectivity index (χ3n) is 11.3. The summed E-state index contributed by atoms with van der Waals surface area (Å²) in [7, 11) is 5.81. The molecular weight excluding hydrogens is 668 g/mol. The number of rotatable bonds is 7. The maximum atomic E-state index is 13.7. The van der Waals surface area contributed by atoms with E-state index in [-0.39, 0.29) is 11.8 Å². The van der Waals surface area contributed by atoms with Gasteiger partial charge in [0.1, 0.15) is 0 Å². The number of halogens is 1. The number of fused-ring (bicyclic) bond motifs is 2. The molecule has 2 amide bonds. The second-order valence-corrected chi connectivity index (χ2v) is 15.0. The van der Waals surface area contributed by atoms with Gasteiger partial charge in [0.15, 0.2) is 11.6 Å². The van der Waals surface area contributed by atoms with Crippen LogP contribution in [0.15, 0.2) is 36.4 Å². The third kappa shape index (κ3) is 6.45. The fraction of sp³-hybridized carbons (Fsp3) is 0.447. The third-order valence-corrected chi connectivity index (χ3v) is 11.8. The smallest absolute Gasteiger partial charge is 0.309 e. The summed E-state index contributed by atoms with van der Waals surface area (Å²) >= 11 is 6.99. The number of hydrogen-bond donors (Lipinski definition) is 3. The first-order valence-electron chi connectivity index (χ1n) is 17.6. The summed E-state index contributed by atoms with van der Waals surface area (Å²) in [5.41, 5.74) is 6.79. The fourth-order valence-corrected chi connectivity index (χ4v) is 8.27. The van der Waals surface area contributed by atoms with Gasteiger partial charge >= 0.3 is 5.97 Å². The molecule has 0 saturated heterocycles. The number of aromatic nitrogens is 4. The van der Waals surface area contributed by atoms with E-state index in [0.29, 0.717) is 53.5 Å². The van der Waals surface area contributed by atoms with Gasteiger partial charge in [-0.15, -0.1) is 0 Å². The standard InChI is InChI=1S/C38H45ClN8O4/c1-22-24(8-6-10-26(22)42-35(48)33-40-28-20-44(3)18-14-30(28)45(33)4)25-9-7-11-27(32(25)39)43-36(49)34-41-29-21-47(19-15-31(29)46(34)5)23-12-16-38(2,17-13-23)37(50)51/h6-11,23H,12-21H2,1-5H3,(H,42,48)(H,43,49)(H,50,51). The van der Waals surface area contributed by atoms with Crippen LogP contribution >= 0.6 is 11.6 Å². The number of hydrogen-bond acceptors (Lipinski definition) is 7. The number of amides is 2. The summed E-state index contributed by atoms with van der Waals surface area (Å²) in [6.45, 7) is 6.90. The van der Waals surface area contributed by atoms with E-state index >= 15 is 0 Å². The predicted molar refractivity (Wildman–Crippen MR) is 196 cm³/mol. The van der Waals surface area contributed by atoms with Gasteiger partial charge < -0.3 is 29.8 Å². The highest BCUT2D eigenvalue weighted by Crippen LogP contribution is 2.40. The number of carboxylic acids is 1. The Kier molecular flexibility index (Phi) is 9.28. The van der Waals surface area contributed by atoms with Crippen LogP contribution in [0.5, 0.6) is 0 Å². The molecule has 0 bridgehead atoms. The number of nitrogens with one attached hydrogen (secondary N) is 2. The first-order valence-corrected chi connectivity index (χ1v) is 18.0. The van der Waals surface area contributed by atoms with E-state index < -0.39 is 11.4 Å². The second-order valence-electron chi connectivity index (χ2n) is 14.6. The maximum Gasteiger partial charge on any atom is 0.309 e. The van der Waals surface area contributed by atoms with Gasteiger partial charge in [0, 0.05) is 81.8 Å². The minimum atomic E-state index is -0.715. The molecule has 0 spiro atoms. The summed E-state index contributed by atoms with van der Waals surface area (Å²) in [5, 5.41) is 16.1. The van der Waals surface area contributed by atoms with Gasteiger partial charge in [-0.1, -0.05) is 35.9 Å². The van der Waals surface area contributed by atoms with Crippen LogP contribution < -0.4 is 10.6 Å². The number of imidazole rings is 2. The topological polar surface area (TPSA) is 138 Å². The van der Waals surface area contributed by atoms with Crippen LogP contribution in [-0.4, -0.2) is 78.0 Å². The predicted octanol–water partition coefficient (Wildman–Crippen LogP) is 5.67. The highest BCUT2D eigenvalue weighted by atomic mass is 35.5. The molecule has 0 radical (unpaired) electrons. The Morgan fingerprint density at radius 1 is 0.824 bits per heavy atom. The fourth-order valence-electron chi connectivity index (χ4n) is 8.00. The summed E-state index contributed by atoms with van der Waals surface area (Å²) in [6.07, 6.45) is 4.62. The Labute approximate surface area is 302 Å². The minimum absolute atomic E-state index is 0.275. The lowest BCUT2D eigenvalue weighted by Crippen LogP contribution is -2.44. The van der Waals surface area contributed by atoms with E-state index in [9.17, 15) is 19.5 Å². The number of aliphatic carboxylic acids is 1. The number of carbonyl (C=O) groups excluding carboxylic acids is 2. The molecule has 1 fully saturated rings. The molecule has 2 aromatic heterocycles. The van der Waals surface area contributed by atoms with Crippen molar-refractivity contribution in [2.45, 2.75) is 71.5 Å². The molecule has 2 aromatic carbocycles. The molecule has 1 aliphatic carbocycles. The Morgan fingerprint density at radius 3 is 2.00 bits per heavy atom. The van der Waals surface area contributed by atoms with Crippen molar-refractivity contribution >= 4 is 40.8 Å². The zero-order valence-electron chi connectivity index (χ0n) is 29.8. The van der Waals surface area contributed by atoms with E-state index in [0.717, 1.165) is 84.8 Å². The van der Waals surface area contributed by atoms with E-state index in [1.807, 2.05) is 67.4 Å². The van der Waals surface area contributed by atoms with Gasteiger partial charge in [-0.25, -0.2) is 9.97 Å². The van der Waals surface area contributed by atoms with E-state index in [4.69, 9.17) is 16.6 Å². The number of benzene rings is 2. The first-order chi connectivity index (χ1) is 24.3. The Morgan fingerprint density at radius 2 is 1.37 bits per heavy atom. The molecule has 268 valence electrons. The average Bonchev–Trinajstić information content (AvgIpc) is 3.62. The van der Waals surface area contributed by atoms with Crippen LogP contribution in [0.3, 0.4) is 0 Å². The average molecular weight is 713 g/mol. The highest BCUT2D eigenvalue weighted by molar-refractivity contribution is 6.36. The van der Waals surface area contributed by atoms with Crippen LogP contribution in [0.1, 0.15) is 82.2 Å². The maximum absolute atomic E-state index is 13.7. The molecule has 0 unspecified atom stereocenters. The Bertz CT molecular complexity index is 2040. The van der Waals surface area contributed by atoms with Gasteiger partial charge in [-0.3, -0.25) is 19.3 Å². The Hall–Kier alpha value is -4.52. The second kappa shape index (κ2) is 13.6.